The molecule has 5 nitrogen and oxygen atoms in total. The van der Waals surface area contributed by atoms with E-state index in [2.05, 4.69) is 10.4 Å². The number of nitrogens with one attached hydrogen (secondary N) is 1. The topological polar surface area (TPSA) is 56.1 Å². The minimum atomic E-state index is -0.290. The third kappa shape index (κ3) is 3.17. The van der Waals surface area contributed by atoms with Crippen LogP contribution in [0.25, 0.3) is 0 Å². The second kappa shape index (κ2) is 6.23. The van der Waals surface area contributed by atoms with Crippen LogP contribution in [0, 0.1) is 6.92 Å². The van der Waals surface area contributed by atoms with E-state index in [4.69, 9.17) is 4.74 Å². The van der Waals surface area contributed by atoms with Crippen LogP contribution in [0.2, 0.25) is 0 Å². The van der Waals surface area contributed by atoms with Gasteiger partial charge in [0, 0.05) is 30.5 Å². The molecule has 106 valence electrons. The fourth-order valence-electron chi connectivity index (χ4n) is 1.85. The predicted molar refractivity (Wildman–Crippen MR) is 77.7 cm³/mol. The minimum absolute atomic E-state index is 0.290. The van der Waals surface area contributed by atoms with Gasteiger partial charge in [0.05, 0.1) is 18.4 Å². The summed E-state index contributed by atoms with van der Waals surface area (Å²) in [7, 11) is 1.92. The molecule has 1 aromatic carbocycles. The molecule has 0 unspecified atom stereocenters. The number of esters is 1. The largest absolute Gasteiger partial charge is 0.462 e. The van der Waals surface area contributed by atoms with Crippen LogP contribution in [0.3, 0.4) is 0 Å². The number of nitrogens with zero attached hydrogens (tertiary/aromatic N) is 2. The van der Waals surface area contributed by atoms with Gasteiger partial charge >= 0.3 is 5.97 Å². The van der Waals surface area contributed by atoms with E-state index < -0.39 is 0 Å². The summed E-state index contributed by atoms with van der Waals surface area (Å²) in [5, 5.41) is 7.51. The van der Waals surface area contributed by atoms with Crippen molar-refractivity contribution in [2.45, 2.75) is 20.4 Å². The van der Waals surface area contributed by atoms with E-state index in [0.717, 1.165) is 16.9 Å². The molecule has 2 rings (SSSR count). The third-order valence-corrected chi connectivity index (χ3v) is 3.22. The Hall–Kier alpha value is -2.30. The number of rotatable bonds is 5. The molecule has 0 saturated carbocycles. The SMILES string of the molecule is CCOC(=O)c1ccc(NCc2cnn(C)c2C)cc1. The molecular formula is C15H19N3O2. The molecule has 0 amide bonds. The van der Waals surface area contributed by atoms with Crippen LogP contribution in [0.5, 0.6) is 0 Å². The van der Waals surface area contributed by atoms with Crippen molar-refractivity contribution in [2.24, 2.45) is 7.05 Å². The van der Waals surface area contributed by atoms with E-state index in [-0.39, 0.29) is 5.97 Å². The summed E-state index contributed by atoms with van der Waals surface area (Å²) in [5.74, 6) is -0.290. The predicted octanol–water partition coefficient (Wildman–Crippen LogP) is 2.52. The van der Waals surface area contributed by atoms with Gasteiger partial charge in [0.25, 0.3) is 0 Å². The van der Waals surface area contributed by atoms with Gasteiger partial charge in [-0.3, -0.25) is 4.68 Å². The van der Waals surface area contributed by atoms with Crippen LogP contribution in [0.15, 0.2) is 30.5 Å². The summed E-state index contributed by atoms with van der Waals surface area (Å²) in [5.41, 5.74) is 3.82. The van der Waals surface area contributed by atoms with Gasteiger partial charge in [-0.2, -0.15) is 5.10 Å². The van der Waals surface area contributed by atoms with Crippen molar-refractivity contribution < 1.29 is 9.53 Å². The van der Waals surface area contributed by atoms with E-state index in [1.54, 1.807) is 19.1 Å². The van der Waals surface area contributed by atoms with Crippen molar-refractivity contribution in [3.8, 4) is 0 Å². The van der Waals surface area contributed by atoms with Gasteiger partial charge in [-0.25, -0.2) is 4.79 Å². The third-order valence-electron chi connectivity index (χ3n) is 3.22. The molecule has 20 heavy (non-hydrogen) atoms. The number of ether oxygens (including phenoxy) is 1. The van der Waals surface area contributed by atoms with Crippen LogP contribution >= 0.6 is 0 Å². The molecule has 0 saturated heterocycles. The van der Waals surface area contributed by atoms with E-state index in [1.165, 1.54) is 0 Å². The van der Waals surface area contributed by atoms with Crippen molar-refractivity contribution in [3.63, 3.8) is 0 Å². The van der Waals surface area contributed by atoms with Gasteiger partial charge in [0.15, 0.2) is 0 Å². The maximum atomic E-state index is 11.5. The average Bonchev–Trinajstić information content (AvgIpc) is 2.77. The van der Waals surface area contributed by atoms with Crippen LogP contribution in [0.4, 0.5) is 5.69 Å². The summed E-state index contributed by atoms with van der Waals surface area (Å²) >= 11 is 0. The Balaban J connectivity index is 1.97. The van der Waals surface area contributed by atoms with Crippen LogP contribution in [-0.4, -0.2) is 22.4 Å². The maximum Gasteiger partial charge on any atom is 0.338 e. The van der Waals surface area contributed by atoms with Crippen LogP contribution in [0.1, 0.15) is 28.5 Å². The Bertz CT molecular complexity index is 588. The molecule has 0 atom stereocenters. The average molecular weight is 273 g/mol. The summed E-state index contributed by atoms with van der Waals surface area (Å²) in [6.45, 7) is 4.93. The number of hydrogen-bond donors (Lipinski definition) is 1. The number of benzene rings is 1. The molecule has 0 radical (unpaired) electrons. The fraction of sp³-hybridized carbons (Fsp3) is 0.333. The highest BCUT2D eigenvalue weighted by atomic mass is 16.5. The molecule has 1 heterocycles. The smallest absolute Gasteiger partial charge is 0.338 e. The van der Waals surface area contributed by atoms with Crippen LogP contribution < -0.4 is 5.32 Å². The summed E-state index contributed by atoms with van der Waals surface area (Å²) in [4.78, 5) is 11.5. The summed E-state index contributed by atoms with van der Waals surface area (Å²) in [6.07, 6.45) is 1.86. The Morgan fingerprint density at radius 2 is 2.05 bits per heavy atom. The quantitative estimate of drug-likeness (QED) is 0.850. The lowest BCUT2D eigenvalue weighted by Gasteiger charge is -2.07. The lowest BCUT2D eigenvalue weighted by Crippen LogP contribution is -2.05. The summed E-state index contributed by atoms with van der Waals surface area (Å²) < 4.78 is 6.79. The normalized spacial score (nSPS) is 10.3. The first-order chi connectivity index (χ1) is 9.61. The number of hydrogen-bond acceptors (Lipinski definition) is 4. The molecule has 1 aromatic heterocycles. The van der Waals surface area contributed by atoms with Gasteiger partial charge in [0.1, 0.15) is 0 Å². The first-order valence-corrected chi connectivity index (χ1v) is 6.60. The van der Waals surface area contributed by atoms with Crippen molar-refractivity contribution >= 4 is 11.7 Å². The standard InChI is InChI=1S/C15H19N3O2/c1-4-20-15(19)12-5-7-14(8-6-12)16-9-13-10-17-18(3)11(13)2/h5-8,10,16H,4,9H2,1-3H3. The number of carbonyl (C=O) groups is 1. The van der Waals surface area contributed by atoms with Crippen molar-refractivity contribution in [1.29, 1.82) is 0 Å². The van der Waals surface area contributed by atoms with Gasteiger partial charge < -0.3 is 10.1 Å². The second-order valence-electron chi connectivity index (χ2n) is 4.53. The first kappa shape index (κ1) is 14.1. The zero-order valence-corrected chi connectivity index (χ0v) is 12.0. The zero-order chi connectivity index (χ0) is 14.5. The number of aryl methyl sites for hydroxylation is 1. The Kier molecular flexibility index (Phi) is 4.40. The van der Waals surface area contributed by atoms with Gasteiger partial charge in [-0.05, 0) is 38.1 Å². The van der Waals surface area contributed by atoms with Gasteiger partial charge in [-0.1, -0.05) is 0 Å². The molecule has 2 aromatic rings. The van der Waals surface area contributed by atoms with E-state index in [1.807, 2.05) is 37.0 Å². The van der Waals surface area contributed by atoms with Crippen LogP contribution in [-0.2, 0) is 18.3 Å². The van der Waals surface area contributed by atoms with E-state index in [9.17, 15) is 4.79 Å². The molecule has 0 fully saturated rings. The molecule has 5 heteroatoms. The molecular weight excluding hydrogens is 254 g/mol. The zero-order valence-electron chi connectivity index (χ0n) is 12.0. The van der Waals surface area contributed by atoms with Gasteiger partial charge in [0.2, 0.25) is 0 Å². The highest BCUT2D eigenvalue weighted by Gasteiger charge is 2.06. The fourth-order valence-corrected chi connectivity index (χ4v) is 1.85. The van der Waals surface area contributed by atoms with Crippen molar-refractivity contribution in [2.75, 3.05) is 11.9 Å². The lowest BCUT2D eigenvalue weighted by molar-refractivity contribution is 0.0526. The lowest BCUT2D eigenvalue weighted by atomic mass is 10.2. The first-order valence-electron chi connectivity index (χ1n) is 6.60. The monoisotopic (exact) mass is 273 g/mol. The summed E-state index contributed by atoms with van der Waals surface area (Å²) in [6, 6.07) is 7.27. The highest BCUT2D eigenvalue weighted by Crippen LogP contribution is 2.13. The minimum Gasteiger partial charge on any atom is -0.462 e. The molecule has 0 aliphatic heterocycles. The molecule has 0 bridgehead atoms. The Morgan fingerprint density at radius 1 is 1.35 bits per heavy atom. The Morgan fingerprint density at radius 3 is 2.60 bits per heavy atom. The van der Waals surface area contributed by atoms with Crippen molar-refractivity contribution in [3.05, 3.63) is 47.3 Å². The number of anilines is 1. The van der Waals surface area contributed by atoms with E-state index in [0.29, 0.717) is 18.7 Å². The maximum absolute atomic E-state index is 11.5. The molecule has 0 aliphatic carbocycles. The molecule has 0 aliphatic rings. The van der Waals surface area contributed by atoms with Gasteiger partial charge in [-0.15, -0.1) is 0 Å². The molecule has 0 spiro atoms. The molecule has 1 N–H and O–H groups in total. The second-order valence-corrected chi connectivity index (χ2v) is 4.53. The highest BCUT2D eigenvalue weighted by molar-refractivity contribution is 5.89. The number of carbonyl (C=O) groups excluding carboxylic acids is 1. The van der Waals surface area contributed by atoms with Crippen molar-refractivity contribution in [1.82, 2.24) is 9.78 Å². The Labute approximate surface area is 118 Å². The number of aromatic nitrogens is 2. The van der Waals surface area contributed by atoms with E-state index >= 15 is 0 Å².